The lowest BCUT2D eigenvalue weighted by molar-refractivity contribution is 1.22. The maximum atomic E-state index is 4.98. The average Bonchev–Trinajstić information content (AvgIpc) is 1.88. The summed E-state index contributed by atoms with van der Waals surface area (Å²) < 4.78 is 0. The molecule has 0 aliphatic carbocycles. The lowest BCUT2D eigenvalue weighted by atomic mass is 10.4. The van der Waals surface area contributed by atoms with Crippen molar-refractivity contribution in [3.63, 3.8) is 0 Å². The molecule has 1 heterocycles. The molecule has 0 bridgehead atoms. The summed E-state index contributed by atoms with van der Waals surface area (Å²) in [4.78, 5) is 7.42. The minimum atomic E-state index is 0.579. The summed E-state index contributed by atoms with van der Waals surface area (Å²) in [6.45, 7) is 6.88. The van der Waals surface area contributed by atoms with Gasteiger partial charge in [0.15, 0.2) is 5.69 Å². The van der Waals surface area contributed by atoms with Gasteiger partial charge in [0.05, 0.1) is 6.07 Å². The SMILES string of the molecule is C#[N+]c1cccc(C)n1. The minimum absolute atomic E-state index is 0.579. The second kappa shape index (κ2) is 2.27. The third kappa shape index (κ3) is 1.26. The van der Waals surface area contributed by atoms with Crippen LogP contribution in [-0.4, -0.2) is 4.98 Å². The number of hydrogen-bond acceptors (Lipinski definition) is 1. The van der Waals surface area contributed by atoms with Crippen LogP contribution in [0.15, 0.2) is 18.2 Å². The zero-order valence-electron chi connectivity index (χ0n) is 5.20. The van der Waals surface area contributed by atoms with Crippen LogP contribution in [0, 0.1) is 13.5 Å². The van der Waals surface area contributed by atoms with Crippen LogP contribution >= 0.6 is 0 Å². The highest BCUT2D eigenvalue weighted by atomic mass is 14.9. The van der Waals surface area contributed by atoms with Crippen LogP contribution in [-0.2, 0) is 0 Å². The van der Waals surface area contributed by atoms with Gasteiger partial charge in [0.1, 0.15) is 6.57 Å². The van der Waals surface area contributed by atoms with Crippen molar-refractivity contribution in [2.75, 3.05) is 0 Å². The summed E-state index contributed by atoms with van der Waals surface area (Å²) >= 11 is 0. The fraction of sp³-hybridized carbons (Fsp3) is 0.143. The molecule has 0 fully saturated rings. The molecule has 0 aliphatic heterocycles. The van der Waals surface area contributed by atoms with E-state index in [1.807, 2.05) is 19.1 Å². The zero-order valence-corrected chi connectivity index (χ0v) is 5.20. The molecule has 0 aliphatic rings. The van der Waals surface area contributed by atoms with Gasteiger partial charge in [0, 0.05) is 6.92 Å². The molecule has 0 atom stereocenters. The molecule has 2 heteroatoms. The van der Waals surface area contributed by atoms with E-state index in [0.717, 1.165) is 5.69 Å². The van der Waals surface area contributed by atoms with Crippen LogP contribution in [0.5, 0.6) is 0 Å². The van der Waals surface area contributed by atoms with Crippen LogP contribution in [0.25, 0.3) is 4.85 Å². The van der Waals surface area contributed by atoms with Crippen LogP contribution in [0.4, 0.5) is 5.82 Å². The predicted molar refractivity (Wildman–Crippen MR) is 36.9 cm³/mol. The van der Waals surface area contributed by atoms with Crippen molar-refractivity contribution in [2.24, 2.45) is 0 Å². The third-order valence-corrected chi connectivity index (χ3v) is 1.01. The Kier molecular flexibility index (Phi) is 1.46. The first kappa shape index (κ1) is 5.77. The molecule has 9 heavy (non-hydrogen) atoms. The number of aromatic nitrogens is 1. The first-order valence-electron chi connectivity index (χ1n) is 2.67. The monoisotopic (exact) mass is 119 g/mol. The van der Waals surface area contributed by atoms with Crippen LogP contribution in [0.3, 0.4) is 0 Å². The molecular weight excluding hydrogens is 112 g/mol. The van der Waals surface area contributed by atoms with E-state index in [2.05, 4.69) is 9.83 Å². The fourth-order valence-electron chi connectivity index (χ4n) is 0.601. The molecule has 0 radical (unpaired) electrons. The maximum Gasteiger partial charge on any atom is 0.425 e. The van der Waals surface area contributed by atoms with Gasteiger partial charge in [-0.1, -0.05) is 0 Å². The molecular formula is C7H7N2+. The summed E-state index contributed by atoms with van der Waals surface area (Å²) in [5, 5.41) is 0. The Morgan fingerprint density at radius 3 is 2.78 bits per heavy atom. The first-order valence-corrected chi connectivity index (χ1v) is 2.67. The van der Waals surface area contributed by atoms with Gasteiger partial charge in [-0.2, -0.15) is 4.85 Å². The summed E-state index contributed by atoms with van der Waals surface area (Å²) in [5.74, 6) is 0.579. The van der Waals surface area contributed by atoms with Gasteiger partial charge in [-0.3, -0.25) is 0 Å². The molecule has 0 amide bonds. The van der Waals surface area contributed by atoms with Crippen LogP contribution in [0.1, 0.15) is 5.69 Å². The molecule has 0 spiro atoms. The Hall–Kier alpha value is -1.36. The standard InChI is InChI=1S/C7H7N2/c1-6-4-3-5-7(8-2)9-6/h2-5H,1H3/q+1. The molecule has 0 saturated carbocycles. The normalized spacial score (nSPS) is 8.44. The highest BCUT2D eigenvalue weighted by Crippen LogP contribution is 2.05. The molecule has 1 rings (SSSR count). The Bertz CT molecular complexity index is 247. The van der Waals surface area contributed by atoms with Crippen LogP contribution in [0.2, 0.25) is 0 Å². The van der Waals surface area contributed by atoms with Crippen molar-refractivity contribution in [1.29, 1.82) is 0 Å². The van der Waals surface area contributed by atoms with E-state index in [1.165, 1.54) is 0 Å². The van der Waals surface area contributed by atoms with E-state index in [9.17, 15) is 0 Å². The Balaban J connectivity index is 3.12. The van der Waals surface area contributed by atoms with Crippen molar-refractivity contribution in [3.05, 3.63) is 28.7 Å². The first-order chi connectivity index (χ1) is 4.33. The summed E-state index contributed by atoms with van der Waals surface area (Å²) in [7, 11) is 0. The van der Waals surface area contributed by atoms with E-state index in [1.54, 1.807) is 6.07 Å². The van der Waals surface area contributed by atoms with Gasteiger partial charge in [0.25, 0.3) is 0 Å². The average molecular weight is 119 g/mol. The summed E-state index contributed by atoms with van der Waals surface area (Å²) in [6.07, 6.45) is 0. The molecule has 1 aromatic rings. The topological polar surface area (TPSA) is 17.2 Å². The van der Waals surface area contributed by atoms with Gasteiger partial charge < -0.3 is 0 Å². The smallest absolute Gasteiger partial charge is 0.158 e. The van der Waals surface area contributed by atoms with Crippen molar-refractivity contribution in [1.82, 2.24) is 4.98 Å². The molecule has 2 nitrogen and oxygen atoms in total. The molecule has 0 N–H and O–H groups in total. The highest BCUT2D eigenvalue weighted by Gasteiger charge is 1.99. The van der Waals surface area contributed by atoms with Crippen LogP contribution < -0.4 is 0 Å². The summed E-state index contributed by atoms with van der Waals surface area (Å²) in [5.41, 5.74) is 0.932. The van der Waals surface area contributed by atoms with E-state index in [-0.39, 0.29) is 0 Å². The zero-order chi connectivity index (χ0) is 6.69. The molecule has 1 aromatic heterocycles. The number of hydrogen-bond donors (Lipinski definition) is 0. The Morgan fingerprint density at radius 1 is 1.56 bits per heavy atom. The number of aryl methyl sites for hydroxylation is 1. The summed E-state index contributed by atoms with van der Waals surface area (Å²) in [6, 6.07) is 5.52. The second-order valence-corrected chi connectivity index (χ2v) is 1.77. The lowest BCUT2D eigenvalue weighted by Crippen LogP contribution is -1.75. The van der Waals surface area contributed by atoms with Gasteiger partial charge in [-0.15, -0.1) is 0 Å². The minimum Gasteiger partial charge on any atom is -0.158 e. The quantitative estimate of drug-likeness (QED) is 0.510. The predicted octanol–water partition coefficient (Wildman–Crippen LogP) is 1.98. The van der Waals surface area contributed by atoms with E-state index in [0.29, 0.717) is 5.82 Å². The number of pyridine rings is 1. The molecule has 0 saturated heterocycles. The van der Waals surface area contributed by atoms with Gasteiger partial charge in [0.2, 0.25) is 0 Å². The third-order valence-electron chi connectivity index (χ3n) is 1.01. The van der Waals surface area contributed by atoms with Gasteiger partial charge in [-0.05, 0) is 17.1 Å². The Morgan fingerprint density at radius 2 is 2.33 bits per heavy atom. The fourth-order valence-corrected chi connectivity index (χ4v) is 0.601. The van der Waals surface area contributed by atoms with Gasteiger partial charge in [-0.25, -0.2) is 0 Å². The van der Waals surface area contributed by atoms with Crippen molar-refractivity contribution in [2.45, 2.75) is 6.92 Å². The second-order valence-electron chi connectivity index (χ2n) is 1.77. The molecule has 0 unspecified atom stereocenters. The number of nitrogens with zero attached hydrogens (tertiary/aromatic N) is 2. The van der Waals surface area contributed by atoms with E-state index in [4.69, 9.17) is 6.57 Å². The molecule has 44 valence electrons. The Labute approximate surface area is 54.0 Å². The van der Waals surface area contributed by atoms with Gasteiger partial charge >= 0.3 is 5.82 Å². The van der Waals surface area contributed by atoms with E-state index < -0.39 is 0 Å². The lowest BCUT2D eigenvalue weighted by Gasteiger charge is -1.77. The van der Waals surface area contributed by atoms with Crippen molar-refractivity contribution < 1.29 is 0 Å². The molecule has 0 aromatic carbocycles. The van der Waals surface area contributed by atoms with Crippen molar-refractivity contribution >= 4 is 5.82 Å². The van der Waals surface area contributed by atoms with Crippen molar-refractivity contribution in [3.8, 4) is 6.57 Å². The maximum absolute atomic E-state index is 4.98. The largest absolute Gasteiger partial charge is 0.425 e. The highest BCUT2D eigenvalue weighted by molar-refractivity contribution is 5.36. The number of rotatable bonds is 0. The van der Waals surface area contributed by atoms with E-state index >= 15 is 0 Å².